The third-order valence-electron chi connectivity index (χ3n) is 8.72. The second-order valence-electron chi connectivity index (χ2n) is 11.2. The largest absolute Gasteiger partial charge is 0.497 e. The number of hydrogen-bond acceptors (Lipinski definition) is 3. The van der Waals surface area contributed by atoms with Crippen LogP contribution in [0.15, 0.2) is 42.5 Å². The Morgan fingerprint density at radius 2 is 1.85 bits per heavy atom. The van der Waals surface area contributed by atoms with E-state index in [0.29, 0.717) is 37.2 Å². The standard InChI is InChI=1S/C31H33F3N2O3/c1-4-6-7-24-14-23-15-25(39-3)12-13-26(23)28(36(24)27(37)5-2)22-10-8-20(9-11-22)19-35(29(38)31(32,33)34)30-16-21(17-30)18-30/h2,8-13,15,21,24,28H,4,6-7,14,16-19H2,1,3H3/t21?,24-,28-,30?/m0/s1. The summed E-state index contributed by atoms with van der Waals surface area (Å²) in [4.78, 5) is 28.3. The summed E-state index contributed by atoms with van der Waals surface area (Å²) in [6.07, 6.45) is 5.99. The van der Waals surface area contributed by atoms with Gasteiger partial charge in [-0.25, -0.2) is 0 Å². The van der Waals surface area contributed by atoms with Gasteiger partial charge in [-0.1, -0.05) is 50.1 Å². The van der Waals surface area contributed by atoms with E-state index in [9.17, 15) is 22.8 Å². The Kier molecular flexibility index (Phi) is 7.13. The minimum atomic E-state index is -4.91. The fourth-order valence-electron chi connectivity index (χ4n) is 6.60. The zero-order chi connectivity index (χ0) is 27.9. The summed E-state index contributed by atoms with van der Waals surface area (Å²) in [6.45, 7) is 2.00. The molecule has 3 aliphatic carbocycles. The fourth-order valence-corrected chi connectivity index (χ4v) is 6.60. The second-order valence-corrected chi connectivity index (χ2v) is 11.2. The molecule has 206 valence electrons. The Balaban J connectivity index is 1.48. The predicted octanol–water partition coefficient (Wildman–Crippen LogP) is 5.80. The van der Waals surface area contributed by atoms with Gasteiger partial charge in [-0.2, -0.15) is 13.2 Å². The molecule has 1 heterocycles. The van der Waals surface area contributed by atoms with E-state index >= 15 is 0 Å². The van der Waals surface area contributed by atoms with Crippen molar-refractivity contribution in [1.29, 1.82) is 0 Å². The van der Waals surface area contributed by atoms with Crippen LogP contribution in [0, 0.1) is 18.3 Å². The Morgan fingerprint density at radius 1 is 1.15 bits per heavy atom. The fraction of sp³-hybridized carbons (Fsp3) is 0.484. The molecule has 4 aliphatic rings. The summed E-state index contributed by atoms with van der Waals surface area (Å²) < 4.78 is 45.8. The molecule has 2 bridgehead atoms. The van der Waals surface area contributed by atoms with Crippen molar-refractivity contribution in [3.05, 3.63) is 64.7 Å². The monoisotopic (exact) mass is 538 g/mol. The van der Waals surface area contributed by atoms with Crippen LogP contribution in [0.5, 0.6) is 5.75 Å². The minimum Gasteiger partial charge on any atom is -0.497 e. The number of rotatable bonds is 8. The molecule has 0 unspecified atom stereocenters. The molecule has 2 atom stereocenters. The summed E-state index contributed by atoms with van der Waals surface area (Å²) >= 11 is 0. The average molecular weight is 539 g/mol. The molecule has 5 nitrogen and oxygen atoms in total. The maximum atomic E-state index is 13.4. The number of benzene rings is 2. The Hall–Kier alpha value is -3.47. The molecule has 2 aromatic rings. The molecule has 0 saturated heterocycles. The lowest BCUT2D eigenvalue weighted by Crippen LogP contribution is -2.70. The van der Waals surface area contributed by atoms with Gasteiger partial charge in [0.2, 0.25) is 0 Å². The van der Waals surface area contributed by atoms with Crippen LogP contribution in [0.3, 0.4) is 0 Å². The maximum absolute atomic E-state index is 13.4. The molecule has 0 spiro atoms. The first-order valence-electron chi connectivity index (χ1n) is 13.5. The van der Waals surface area contributed by atoms with Gasteiger partial charge in [0, 0.05) is 18.1 Å². The van der Waals surface area contributed by atoms with Crippen molar-refractivity contribution in [1.82, 2.24) is 9.80 Å². The zero-order valence-electron chi connectivity index (χ0n) is 22.3. The van der Waals surface area contributed by atoms with Gasteiger partial charge in [0.05, 0.1) is 13.2 Å². The molecule has 8 heteroatoms. The minimum absolute atomic E-state index is 0.0954. The molecule has 0 N–H and O–H groups in total. The Labute approximate surface area is 227 Å². The van der Waals surface area contributed by atoms with Gasteiger partial charge in [0.1, 0.15) is 5.75 Å². The number of carbonyl (C=O) groups excluding carboxylic acids is 2. The van der Waals surface area contributed by atoms with E-state index in [0.717, 1.165) is 46.6 Å². The van der Waals surface area contributed by atoms with Crippen LogP contribution in [0.4, 0.5) is 13.2 Å². The van der Waals surface area contributed by atoms with Crippen molar-refractivity contribution in [3.63, 3.8) is 0 Å². The number of terminal acetylenes is 1. The van der Waals surface area contributed by atoms with E-state index in [2.05, 4.69) is 12.8 Å². The molecular weight excluding hydrogens is 505 g/mol. The first-order chi connectivity index (χ1) is 18.6. The summed E-state index contributed by atoms with van der Waals surface area (Å²) in [5.74, 6) is 1.30. The van der Waals surface area contributed by atoms with E-state index in [4.69, 9.17) is 11.2 Å². The summed E-state index contributed by atoms with van der Waals surface area (Å²) in [7, 11) is 1.61. The lowest BCUT2D eigenvalue weighted by molar-refractivity contribution is -0.216. The molecule has 6 rings (SSSR count). The van der Waals surface area contributed by atoms with Crippen molar-refractivity contribution in [2.24, 2.45) is 5.92 Å². The highest BCUT2D eigenvalue weighted by molar-refractivity contribution is 5.94. The number of nitrogens with zero attached hydrogens (tertiary/aromatic N) is 2. The SMILES string of the molecule is C#CC(=O)N1[C@@H](CCCC)Cc2cc(OC)ccc2[C@@H]1c1ccc(CN(C(=O)C(F)(F)F)C23CC(C2)C3)cc1. The summed E-state index contributed by atoms with van der Waals surface area (Å²) in [5.41, 5.74) is 2.79. The van der Waals surface area contributed by atoms with Gasteiger partial charge in [-0.3, -0.25) is 9.59 Å². The van der Waals surface area contributed by atoms with Crippen LogP contribution in [0.2, 0.25) is 0 Å². The number of methoxy groups -OCH3 is 1. The van der Waals surface area contributed by atoms with E-state index in [-0.39, 0.29) is 12.6 Å². The lowest BCUT2D eigenvalue weighted by atomic mass is 9.49. The first-order valence-corrected chi connectivity index (χ1v) is 13.5. The van der Waals surface area contributed by atoms with E-state index in [1.54, 1.807) is 24.1 Å². The molecular formula is C31H33F3N2O3. The number of alkyl halides is 3. The van der Waals surface area contributed by atoms with Crippen molar-refractivity contribution < 1.29 is 27.5 Å². The molecule has 3 fully saturated rings. The van der Waals surface area contributed by atoms with Crippen molar-refractivity contribution in [3.8, 4) is 18.1 Å². The normalized spacial score (nSPS) is 25.0. The highest BCUT2D eigenvalue weighted by Gasteiger charge is 2.63. The highest BCUT2D eigenvalue weighted by atomic mass is 19.4. The number of fused-ring (bicyclic) bond motifs is 1. The summed E-state index contributed by atoms with van der Waals surface area (Å²) in [5, 5.41) is 0. The second kappa shape index (κ2) is 10.3. The number of halogens is 3. The van der Waals surface area contributed by atoms with Crippen LogP contribution in [-0.2, 0) is 22.6 Å². The quantitative estimate of drug-likeness (QED) is 0.399. The lowest BCUT2D eigenvalue weighted by Gasteiger charge is -2.66. The number of unbranched alkanes of at least 4 members (excludes halogenated alkanes) is 1. The van der Waals surface area contributed by atoms with Crippen LogP contribution in [0.25, 0.3) is 0 Å². The topological polar surface area (TPSA) is 49.9 Å². The average Bonchev–Trinajstić information content (AvgIpc) is 2.87. The van der Waals surface area contributed by atoms with E-state index in [1.807, 2.05) is 30.3 Å². The molecule has 1 aliphatic heterocycles. The van der Waals surface area contributed by atoms with Gasteiger partial charge in [-0.15, -0.1) is 6.42 Å². The van der Waals surface area contributed by atoms with E-state index < -0.39 is 29.6 Å². The Bertz CT molecular complexity index is 1280. The van der Waals surface area contributed by atoms with E-state index in [1.165, 1.54) is 0 Å². The smallest absolute Gasteiger partial charge is 0.471 e. The maximum Gasteiger partial charge on any atom is 0.471 e. The van der Waals surface area contributed by atoms with Gasteiger partial charge in [0.15, 0.2) is 0 Å². The van der Waals surface area contributed by atoms with Crippen LogP contribution in [-0.4, -0.2) is 46.5 Å². The van der Waals surface area contributed by atoms with Gasteiger partial charge < -0.3 is 14.5 Å². The Morgan fingerprint density at radius 3 is 2.38 bits per heavy atom. The number of ether oxygens (including phenoxy) is 1. The number of carbonyl (C=O) groups is 2. The van der Waals surface area contributed by atoms with Gasteiger partial charge in [0.25, 0.3) is 5.91 Å². The van der Waals surface area contributed by atoms with Gasteiger partial charge in [-0.05, 0) is 78.3 Å². The highest BCUT2D eigenvalue weighted by Crippen LogP contribution is 2.61. The molecule has 3 saturated carbocycles. The number of amides is 2. The predicted molar refractivity (Wildman–Crippen MR) is 141 cm³/mol. The third-order valence-corrected chi connectivity index (χ3v) is 8.72. The molecule has 2 amide bonds. The van der Waals surface area contributed by atoms with Crippen molar-refractivity contribution in [2.45, 2.75) is 82.2 Å². The molecule has 39 heavy (non-hydrogen) atoms. The number of hydrogen-bond donors (Lipinski definition) is 0. The van der Waals surface area contributed by atoms with Crippen LogP contribution >= 0.6 is 0 Å². The van der Waals surface area contributed by atoms with Crippen LogP contribution in [0.1, 0.15) is 73.7 Å². The van der Waals surface area contributed by atoms with Crippen molar-refractivity contribution >= 4 is 11.8 Å². The zero-order valence-corrected chi connectivity index (χ0v) is 22.3. The molecule has 2 aromatic carbocycles. The van der Waals surface area contributed by atoms with Crippen molar-refractivity contribution in [2.75, 3.05) is 7.11 Å². The van der Waals surface area contributed by atoms with Crippen LogP contribution < -0.4 is 4.74 Å². The first kappa shape index (κ1) is 27.1. The molecule has 0 aromatic heterocycles. The summed E-state index contributed by atoms with van der Waals surface area (Å²) in [6, 6.07) is 12.5. The molecule has 0 radical (unpaired) electrons. The van der Waals surface area contributed by atoms with Gasteiger partial charge >= 0.3 is 12.1 Å². The third kappa shape index (κ3) is 4.88.